The highest BCUT2D eigenvalue weighted by atomic mass is 19.4. The number of halogens is 3. The van der Waals surface area contributed by atoms with Crippen molar-refractivity contribution >= 4 is 5.97 Å². The minimum Gasteiger partial charge on any atom is -0.481 e. The second kappa shape index (κ2) is 5.64. The van der Waals surface area contributed by atoms with Gasteiger partial charge in [0.1, 0.15) is 6.54 Å². The third-order valence-corrected chi connectivity index (χ3v) is 3.04. The van der Waals surface area contributed by atoms with E-state index in [1.165, 1.54) is 20.8 Å². The van der Waals surface area contributed by atoms with Crippen LogP contribution in [0.15, 0.2) is 4.79 Å². The number of hydrogen-bond donors (Lipinski definition) is 1. The zero-order valence-corrected chi connectivity index (χ0v) is 11.3. The number of carboxylic acids is 1. The molecule has 0 bridgehead atoms. The predicted octanol–water partition coefficient (Wildman–Crippen LogP) is 1.69. The Labute approximate surface area is 113 Å². The van der Waals surface area contributed by atoms with Gasteiger partial charge in [0.2, 0.25) is 0 Å². The SMILES string of the molecule is Cc1nc(=O)n(CC(F)(F)F)c(C)c1CC(C)C(=O)O. The second-order valence-corrected chi connectivity index (χ2v) is 4.69. The molecule has 1 aromatic heterocycles. The summed E-state index contributed by atoms with van der Waals surface area (Å²) in [5.74, 6) is -1.83. The highest BCUT2D eigenvalue weighted by Crippen LogP contribution is 2.20. The highest BCUT2D eigenvalue weighted by Gasteiger charge is 2.30. The van der Waals surface area contributed by atoms with E-state index in [-0.39, 0.29) is 17.8 Å². The first-order valence-corrected chi connectivity index (χ1v) is 5.89. The Hall–Kier alpha value is -1.86. The van der Waals surface area contributed by atoms with E-state index in [1.54, 1.807) is 0 Å². The molecule has 1 rings (SSSR count). The van der Waals surface area contributed by atoms with E-state index >= 15 is 0 Å². The maximum Gasteiger partial charge on any atom is 0.406 e. The third-order valence-electron chi connectivity index (χ3n) is 3.04. The first kappa shape index (κ1) is 16.2. The van der Waals surface area contributed by atoms with E-state index in [4.69, 9.17) is 5.11 Å². The van der Waals surface area contributed by atoms with Crippen LogP contribution in [0.5, 0.6) is 0 Å². The Balaban J connectivity index is 3.29. The van der Waals surface area contributed by atoms with Gasteiger partial charge in [0.05, 0.1) is 5.92 Å². The Bertz CT molecular complexity index is 579. The van der Waals surface area contributed by atoms with E-state index in [0.29, 0.717) is 10.1 Å². The molecule has 1 heterocycles. The Morgan fingerprint density at radius 1 is 1.40 bits per heavy atom. The van der Waals surface area contributed by atoms with Crippen LogP contribution in [0.1, 0.15) is 23.9 Å². The summed E-state index contributed by atoms with van der Waals surface area (Å²) < 4.78 is 37.9. The molecule has 0 fully saturated rings. The van der Waals surface area contributed by atoms with Crippen molar-refractivity contribution in [2.45, 2.75) is 39.9 Å². The summed E-state index contributed by atoms with van der Waals surface area (Å²) in [4.78, 5) is 25.9. The predicted molar refractivity (Wildman–Crippen MR) is 64.5 cm³/mol. The van der Waals surface area contributed by atoms with E-state index in [0.717, 1.165) is 0 Å². The van der Waals surface area contributed by atoms with Crippen LogP contribution in [-0.4, -0.2) is 26.8 Å². The Morgan fingerprint density at radius 3 is 2.40 bits per heavy atom. The van der Waals surface area contributed by atoms with Gasteiger partial charge in [0, 0.05) is 11.4 Å². The van der Waals surface area contributed by atoms with Crippen molar-refractivity contribution in [3.63, 3.8) is 0 Å². The van der Waals surface area contributed by atoms with Crippen molar-refractivity contribution in [3.8, 4) is 0 Å². The maximum atomic E-state index is 12.4. The zero-order valence-electron chi connectivity index (χ0n) is 11.3. The largest absolute Gasteiger partial charge is 0.481 e. The average molecular weight is 292 g/mol. The first-order valence-electron chi connectivity index (χ1n) is 5.89. The normalized spacial score (nSPS) is 13.3. The summed E-state index contributed by atoms with van der Waals surface area (Å²) in [6, 6.07) is 0. The summed E-state index contributed by atoms with van der Waals surface area (Å²) in [6.07, 6.45) is -4.51. The lowest BCUT2D eigenvalue weighted by Crippen LogP contribution is -2.33. The molecule has 0 saturated heterocycles. The minimum atomic E-state index is -4.54. The quantitative estimate of drug-likeness (QED) is 0.916. The van der Waals surface area contributed by atoms with Crippen LogP contribution in [0.2, 0.25) is 0 Å². The topological polar surface area (TPSA) is 72.2 Å². The lowest BCUT2D eigenvalue weighted by molar-refractivity contribution is -0.142. The van der Waals surface area contributed by atoms with Gasteiger partial charge in [-0.3, -0.25) is 9.36 Å². The number of aromatic nitrogens is 2. The van der Waals surface area contributed by atoms with Crippen molar-refractivity contribution in [3.05, 3.63) is 27.4 Å². The number of carbonyl (C=O) groups is 1. The average Bonchev–Trinajstić information content (AvgIpc) is 2.28. The van der Waals surface area contributed by atoms with E-state index < -0.39 is 30.3 Å². The van der Waals surface area contributed by atoms with Crippen molar-refractivity contribution < 1.29 is 23.1 Å². The fourth-order valence-electron chi connectivity index (χ4n) is 1.89. The van der Waals surface area contributed by atoms with Gasteiger partial charge < -0.3 is 5.11 Å². The van der Waals surface area contributed by atoms with Crippen LogP contribution in [0.3, 0.4) is 0 Å². The lowest BCUT2D eigenvalue weighted by atomic mass is 9.99. The molecule has 0 spiro atoms. The standard InChI is InChI=1S/C12H15F3N2O3/c1-6(10(18)19)4-9-7(2)16-11(20)17(8(9)3)5-12(13,14)15/h6H,4-5H2,1-3H3,(H,18,19). The molecule has 0 aliphatic rings. The lowest BCUT2D eigenvalue weighted by Gasteiger charge is -2.17. The molecule has 5 nitrogen and oxygen atoms in total. The summed E-state index contributed by atoms with van der Waals surface area (Å²) in [6.45, 7) is 2.86. The molecular weight excluding hydrogens is 277 g/mol. The van der Waals surface area contributed by atoms with Gasteiger partial charge in [-0.2, -0.15) is 18.2 Å². The summed E-state index contributed by atoms with van der Waals surface area (Å²) in [5.41, 5.74) is -0.250. The number of hydrogen-bond acceptors (Lipinski definition) is 3. The molecule has 20 heavy (non-hydrogen) atoms. The minimum absolute atomic E-state index is 0.0259. The molecule has 0 radical (unpaired) electrons. The van der Waals surface area contributed by atoms with Crippen LogP contribution in [0.25, 0.3) is 0 Å². The molecule has 0 aliphatic heterocycles. The summed E-state index contributed by atoms with van der Waals surface area (Å²) in [5, 5.41) is 8.87. The number of nitrogens with zero attached hydrogens (tertiary/aromatic N) is 2. The van der Waals surface area contributed by atoms with Gasteiger partial charge in [0.15, 0.2) is 0 Å². The summed E-state index contributed by atoms with van der Waals surface area (Å²) in [7, 11) is 0. The van der Waals surface area contributed by atoms with Crippen LogP contribution in [-0.2, 0) is 17.8 Å². The van der Waals surface area contributed by atoms with Gasteiger partial charge in [-0.05, 0) is 25.8 Å². The van der Waals surface area contributed by atoms with Crippen LogP contribution in [0.4, 0.5) is 13.2 Å². The Kier molecular flexibility index (Phi) is 4.57. The fraction of sp³-hybridized carbons (Fsp3) is 0.583. The van der Waals surface area contributed by atoms with Crippen molar-refractivity contribution in [1.82, 2.24) is 9.55 Å². The van der Waals surface area contributed by atoms with Gasteiger partial charge in [-0.1, -0.05) is 6.92 Å². The van der Waals surface area contributed by atoms with Crippen LogP contribution in [0, 0.1) is 19.8 Å². The van der Waals surface area contributed by atoms with Crippen LogP contribution < -0.4 is 5.69 Å². The molecule has 0 aromatic carbocycles. The number of aryl methyl sites for hydroxylation is 1. The zero-order chi connectivity index (χ0) is 15.7. The molecule has 8 heteroatoms. The molecule has 112 valence electrons. The third kappa shape index (κ3) is 3.82. The monoisotopic (exact) mass is 292 g/mol. The molecule has 1 N–H and O–H groups in total. The Morgan fingerprint density at radius 2 is 1.95 bits per heavy atom. The number of rotatable bonds is 4. The van der Waals surface area contributed by atoms with Crippen molar-refractivity contribution in [2.75, 3.05) is 0 Å². The molecule has 0 saturated carbocycles. The highest BCUT2D eigenvalue weighted by molar-refractivity contribution is 5.70. The second-order valence-electron chi connectivity index (χ2n) is 4.69. The number of aliphatic carboxylic acids is 1. The van der Waals surface area contributed by atoms with E-state index in [2.05, 4.69) is 4.98 Å². The van der Waals surface area contributed by atoms with Crippen LogP contribution >= 0.6 is 0 Å². The molecule has 1 atom stereocenters. The number of alkyl halides is 3. The molecule has 1 aromatic rings. The molecule has 0 aliphatic carbocycles. The van der Waals surface area contributed by atoms with Crippen molar-refractivity contribution in [1.29, 1.82) is 0 Å². The molecule has 1 unspecified atom stereocenters. The van der Waals surface area contributed by atoms with Gasteiger partial charge in [-0.25, -0.2) is 4.79 Å². The van der Waals surface area contributed by atoms with Gasteiger partial charge in [0.25, 0.3) is 0 Å². The first-order chi connectivity index (χ1) is 9.03. The molecular formula is C12H15F3N2O3. The van der Waals surface area contributed by atoms with Gasteiger partial charge >= 0.3 is 17.8 Å². The summed E-state index contributed by atoms with van der Waals surface area (Å²) >= 11 is 0. The smallest absolute Gasteiger partial charge is 0.406 e. The maximum absolute atomic E-state index is 12.4. The fourth-order valence-corrected chi connectivity index (χ4v) is 1.89. The van der Waals surface area contributed by atoms with E-state index in [1.807, 2.05) is 0 Å². The van der Waals surface area contributed by atoms with E-state index in [9.17, 15) is 22.8 Å². The van der Waals surface area contributed by atoms with Crippen molar-refractivity contribution in [2.24, 2.45) is 5.92 Å². The molecule has 0 amide bonds. The van der Waals surface area contributed by atoms with Gasteiger partial charge in [-0.15, -0.1) is 0 Å². The number of carboxylic acid groups (broad SMARTS) is 1.